The number of carbonyl (C=O) groups is 1. The molecule has 0 aliphatic rings. The highest BCUT2D eigenvalue weighted by molar-refractivity contribution is 5.92. The molecular weight excluding hydrogens is 240 g/mol. The molecule has 106 valence electrons. The Morgan fingerprint density at radius 2 is 2.16 bits per heavy atom. The zero-order valence-corrected chi connectivity index (χ0v) is 12.3. The molecule has 0 bridgehead atoms. The van der Waals surface area contributed by atoms with Crippen LogP contribution in [-0.4, -0.2) is 36.0 Å². The Kier molecular flexibility index (Phi) is 6.25. The van der Waals surface area contributed by atoms with Crippen LogP contribution in [0, 0.1) is 5.92 Å². The van der Waals surface area contributed by atoms with E-state index in [0.29, 0.717) is 18.2 Å². The van der Waals surface area contributed by atoms with Crippen molar-refractivity contribution in [3.05, 3.63) is 18.1 Å². The van der Waals surface area contributed by atoms with Gasteiger partial charge in [0.05, 0.1) is 0 Å². The van der Waals surface area contributed by atoms with Crippen LogP contribution >= 0.6 is 0 Å². The van der Waals surface area contributed by atoms with Gasteiger partial charge in [-0.25, -0.2) is 9.97 Å². The van der Waals surface area contributed by atoms with Crippen LogP contribution in [0.25, 0.3) is 0 Å². The number of unbranched alkanes of at least 4 members (excludes halogenated alkanes) is 1. The van der Waals surface area contributed by atoms with E-state index in [1.165, 1.54) is 6.33 Å². The maximum absolute atomic E-state index is 11.9. The van der Waals surface area contributed by atoms with Crippen molar-refractivity contribution in [3.8, 4) is 0 Å². The van der Waals surface area contributed by atoms with Gasteiger partial charge in [0.1, 0.15) is 17.8 Å². The summed E-state index contributed by atoms with van der Waals surface area (Å²) in [6.07, 6.45) is 3.69. The van der Waals surface area contributed by atoms with E-state index in [9.17, 15) is 4.79 Å². The first kappa shape index (κ1) is 15.4. The Bertz CT molecular complexity index is 406. The monoisotopic (exact) mass is 264 g/mol. The van der Waals surface area contributed by atoms with Crippen LogP contribution in [0.2, 0.25) is 0 Å². The molecule has 1 heterocycles. The number of hydrogen-bond acceptors (Lipinski definition) is 4. The van der Waals surface area contributed by atoms with E-state index in [-0.39, 0.29) is 5.91 Å². The number of hydrogen-bond donors (Lipinski definition) is 1. The van der Waals surface area contributed by atoms with Crippen molar-refractivity contribution < 1.29 is 4.79 Å². The van der Waals surface area contributed by atoms with E-state index in [1.807, 2.05) is 11.9 Å². The van der Waals surface area contributed by atoms with Crippen molar-refractivity contribution >= 4 is 11.7 Å². The lowest BCUT2D eigenvalue weighted by molar-refractivity contribution is 0.0944. The Hall–Kier alpha value is -1.65. The van der Waals surface area contributed by atoms with Gasteiger partial charge in [-0.1, -0.05) is 27.2 Å². The molecule has 19 heavy (non-hydrogen) atoms. The number of nitrogens with zero attached hydrogens (tertiary/aromatic N) is 3. The van der Waals surface area contributed by atoms with Crippen LogP contribution in [0.1, 0.15) is 44.1 Å². The van der Waals surface area contributed by atoms with Gasteiger partial charge < -0.3 is 10.2 Å². The van der Waals surface area contributed by atoms with Crippen molar-refractivity contribution in [1.29, 1.82) is 0 Å². The summed E-state index contributed by atoms with van der Waals surface area (Å²) in [4.78, 5) is 22.2. The Morgan fingerprint density at radius 1 is 1.42 bits per heavy atom. The van der Waals surface area contributed by atoms with Crippen LogP contribution in [0.4, 0.5) is 5.82 Å². The largest absolute Gasteiger partial charge is 0.360 e. The highest BCUT2D eigenvalue weighted by Crippen LogP contribution is 2.10. The molecule has 0 unspecified atom stereocenters. The second-order valence-corrected chi connectivity index (χ2v) is 5.14. The third-order valence-corrected chi connectivity index (χ3v) is 2.79. The lowest BCUT2D eigenvalue weighted by atomic mass is 10.2. The molecule has 0 radical (unpaired) electrons. The summed E-state index contributed by atoms with van der Waals surface area (Å²) in [5, 5.41) is 2.86. The predicted octanol–water partition coefficient (Wildman–Crippen LogP) is 2.10. The fourth-order valence-corrected chi connectivity index (χ4v) is 1.58. The summed E-state index contributed by atoms with van der Waals surface area (Å²) < 4.78 is 0. The summed E-state index contributed by atoms with van der Waals surface area (Å²) >= 11 is 0. The lowest BCUT2D eigenvalue weighted by Gasteiger charge is -2.17. The lowest BCUT2D eigenvalue weighted by Crippen LogP contribution is -2.28. The van der Waals surface area contributed by atoms with E-state index in [0.717, 1.165) is 25.2 Å². The van der Waals surface area contributed by atoms with E-state index in [4.69, 9.17) is 0 Å². The average Bonchev–Trinajstić information content (AvgIpc) is 2.42. The molecule has 1 N–H and O–H groups in total. The molecule has 1 rings (SSSR count). The number of carbonyl (C=O) groups excluding carboxylic acids is 1. The second kappa shape index (κ2) is 7.71. The summed E-state index contributed by atoms with van der Waals surface area (Å²) in [5.41, 5.74) is 0.425. The molecule has 0 spiro atoms. The minimum Gasteiger partial charge on any atom is -0.360 e. The minimum atomic E-state index is -0.138. The smallest absolute Gasteiger partial charge is 0.270 e. The number of nitrogens with one attached hydrogen (secondary N) is 1. The summed E-state index contributed by atoms with van der Waals surface area (Å²) in [7, 11) is 1.98. The predicted molar refractivity (Wildman–Crippen MR) is 77.4 cm³/mol. The van der Waals surface area contributed by atoms with Crippen LogP contribution in [0.15, 0.2) is 12.4 Å². The van der Waals surface area contributed by atoms with Crippen molar-refractivity contribution in [2.24, 2.45) is 5.92 Å². The maximum Gasteiger partial charge on any atom is 0.270 e. The first-order valence-electron chi connectivity index (χ1n) is 6.86. The molecule has 0 atom stereocenters. The maximum atomic E-state index is 11.9. The van der Waals surface area contributed by atoms with Crippen molar-refractivity contribution in [3.63, 3.8) is 0 Å². The first-order chi connectivity index (χ1) is 9.04. The van der Waals surface area contributed by atoms with Gasteiger partial charge in [0.2, 0.25) is 0 Å². The zero-order valence-electron chi connectivity index (χ0n) is 12.3. The van der Waals surface area contributed by atoms with E-state index >= 15 is 0 Å². The topological polar surface area (TPSA) is 58.1 Å². The van der Waals surface area contributed by atoms with Crippen molar-refractivity contribution in [1.82, 2.24) is 15.3 Å². The molecule has 0 aromatic carbocycles. The van der Waals surface area contributed by atoms with Crippen LogP contribution in [0.5, 0.6) is 0 Å². The normalized spacial score (nSPS) is 10.6. The SMILES string of the molecule is CCCCN(C)c1cc(C(=O)NCC(C)C)ncn1. The van der Waals surface area contributed by atoms with E-state index in [2.05, 4.69) is 36.1 Å². The quantitative estimate of drug-likeness (QED) is 0.819. The highest BCUT2D eigenvalue weighted by Gasteiger charge is 2.10. The zero-order chi connectivity index (χ0) is 14.3. The third-order valence-electron chi connectivity index (χ3n) is 2.79. The van der Waals surface area contributed by atoms with E-state index in [1.54, 1.807) is 6.07 Å². The fraction of sp³-hybridized carbons (Fsp3) is 0.643. The van der Waals surface area contributed by atoms with Crippen LogP contribution in [0.3, 0.4) is 0 Å². The summed E-state index contributed by atoms with van der Waals surface area (Å²) in [6, 6.07) is 1.74. The Morgan fingerprint density at radius 3 is 2.79 bits per heavy atom. The molecule has 0 aliphatic heterocycles. The summed E-state index contributed by atoms with van der Waals surface area (Å²) in [5.74, 6) is 1.08. The second-order valence-electron chi connectivity index (χ2n) is 5.14. The van der Waals surface area contributed by atoms with Gasteiger partial charge in [-0.2, -0.15) is 0 Å². The van der Waals surface area contributed by atoms with Crippen molar-refractivity contribution in [2.75, 3.05) is 25.0 Å². The Balaban J connectivity index is 2.68. The van der Waals surface area contributed by atoms with E-state index < -0.39 is 0 Å². The van der Waals surface area contributed by atoms with Gasteiger partial charge in [0.15, 0.2) is 0 Å². The van der Waals surface area contributed by atoms with Gasteiger partial charge in [-0.15, -0.1) is 0 Å². The van der Waals surface area contributed by atoms with Gasteiger partial charge in [0, 0.05) is 26.2 Å². The van der Waals surface area contributed by atoms with Crippen LogP contribution < -0.4 is 10.2 Å². The molecule has 1 amide bonds. The molecule has 5 nitrogen and oxygen atoms in total. The van der Waals surface area contributed by atoms with Gasteiger partial charge in [0.25, 0.3) is 5.91 Å². The molecule has 0 aliphatic carbocycles. The van der Waals surface area contributed by atoms with Crippen LogP contribution in [-0.2, 0) is 0 Å². The fourth-order valence-electron chi connectivity index (χ4n) is 1.58. The standard InChI is InChI=1S/C14H24N4O/c1-5-6-7-18(4)13-8-12(16-10-17-13)14(19)15-9-11(2)3/h8,10-11H,5-7,9H2,1-4H3,(H,15,19). The number of amides is 1. The molecule has 1 aromatic rings. The molecule has 1 aromatic heterocycles. The molecule has 0 fully saturated rings. The minimum absolute atomic E-state index is 0.138. The molecular formula is C14H24N4O. The number of rotatable bonds is 7. The first-order valence-corrected chi connectivity index (χ1v) is 6.86. The van der Waals surface area contributed by atoms with Gasteiger partial charge >= 0.3 is 0 Å². The van der Waals surface area contributed by atoms with Crippen molar-refractivity contribution in [2.45, 2.75) is 33.6 Å². The highest BCUT2D eigenvalue weighted by atomic mass is 16.1. The molecule has 0 saturated carbocycles. The summed E-state index contributed by atoms with van der Waals surface area (Å²) in [6.45, 7) is 7.86. The van der Waals surface area contributed by atoms with Gasteiger partial charge in [-0.3, -0.25) is 4.79 Å². The number of aromatic nitrogens is 2. The molecule has 5 heteroatoms. The third kappa shape index (κ3) is 5.24. The Labute approximate surface area is 115 Å². The number of anilines is 1. The molecule has 0 saturated heterocycles. The van der Waals surface area contributed by atoms with Gasteiger partial charge in [-0.05, 0) is 12.3 Å². The average molecular weight is 264 g/mol.